The Bertz CT molecular complexity index is 1340. The summed E-state index contributed by atoms with van der Waals surface area (Å²) in [6, 6.07) is 9.96. The molecule has 164 valence electrons. The monoisotopic (exact) mass is 501 g/mol. The van der Waals surface area contributed by atoms with Crippen LogP contribution in [0.3, 0.4) is 0 Å². The topological polar surface area (TPSA) is 144 Å². The zero-order chi connectivity index (χ0) is 23.4. The maximum absolute atomic E-state index is 12.5. The smallest absolute Gasteiger partial charge is 0.357 e. The first kappa shape index (κ1) is 22.7. The molecule has 0 bridgehead atoms. The van der Waals surface area contributed by atoms with E-state index in [1.807, 2.05) is 11.9 Å². The predicted molar refractivity (Wildman–Crippen MR) is 120 cm³/mol. The number of ether oxygens (including phenoxy) is 2. The summed E-state index contributed by atoms with van der Waals surface area (Å²) in [5.74, 6) is -0.219. The van der Waals surface area contributed by atoms with Crippen molar-refractivity contribution in [3.63, 3.8) is 0 Å². The van der Waals surface area contributed by atoms with Crippen LogP contribution >= 0.6 is 15.9 Å². The van der Waals surface area contributed by atoms with Gasteiger partial charge >= 0.3 is 22.9 Å². The molecular formula is C21H16BrN3O7. The summed E-state index contributed by atoms with van der Waals surface area (Å²) in [4.78, 5) is 50.0. The molecule has 0 unspecified atom stereocenters. The number of aromatic nitrogens is 2. The fourth-order valence-corrected chi connectivity index (χ4v) is 3.30. The van der Waals surface area contributed by atoms with Crippen molar-refractivity contribution in [3.05, 3.63) is 94.2 Å². The van der Waals surface area contributed by atoms with E-state index >= 15 is 0 Å². The number of aryl methyl sites for hydroxylation is 1. The van der Waals surface area contributed by atoms with Crippen LogP contribution in [-0.4, -0.2) is 28.0 Å². The Kier molecular flexibility index (Phi) is 6.69. The summed E-state index contributed by atoms with van der Waals surface area (Å²) >= 11 is 3.33. The largest absolute Gasteiger partial charge is 0.493 e. The standard InChI is InChI=1S/C21H16BrN3O7/c1-11-3-6-13(7-4-11)20(27)32-18-14(22)9-12(10-16(18)31-2)5-8-15-17(25(29)30)19(26)24-21(28)23-15/h3-10H,1-2H3,(H2,23,24,26,28)/b8-5+. The molecule has 32 heavy (non-hydrogen) atoms. The summed E-state index contributed by atoms with van der Waals surface area (Å²) < 4.78 is 11.2. The molecule has 3 aromatic rings. The number of nitrogens with one attached hydrogen (secondary N) is 2. The Labute approximate surface area is 188 Å². The van der Waals surface area contributed by atoms with Gasteiger partial charge in [0, 0.05) is 0 Å². The Hall–Kier alpha value is -3.99. The molecule has 0 aliphatic rings. The second-order valence-electron chi connectivity index (χ2n) is 6.55. The highest BCUT2D eigenvalue weighted by atomic mass is 79.9. The maximum atomic E-state index is 12.5. The number of carbonyl (C=O) groups is 1. The molecule has 0 saturated heterocycles. The molecule has 0 aliphatic heterocycles. The summed E-state index contributed by atoms with van der Waals surface area (Å²) in [6.07, 6.45) is 2.64. The van der Waals surface area contributed by atoms with Crippen LogP contribution in [0.2, 0.25) is 0 Å². The molecular weight excluding hydrogens is 486 g/mol. The fourth-order valence-electron chi connectivity index (χ4n) is 2.76. The highest BCUT2D eigenvalue weighted by molar-refractivity contribution is 9.10. The lowest BCUT2D eigenvalue weighted by Gasteiger charge is -2.12. The molecule has 0 amide bonds. The van der Waals surface area contributed by atoms with Crippen LogP contribution < -0.4 is 20.7 Å². The van der Waals surface area contributed by atoms with E-state index in [1.54, 1.807) is 30.3 Å². The molecule has 0 saturated carbocycles. The normalized spacial score (nSPS) is 10.8. The van der Waals surface area contributed by atoms with Crippen LogP contribution in [0.4, 0.5) is 5.69 Å². The number of methoxy groups -OCH3 is 1. The van der Waals surface area contributed by atoms with Crippen LogP contribution in [0.5, 0.6) is 11.5 Å². The summed E-state index contributed by atoms with van der Waals surface area (Å²) in [7, 11) is 1.39. The molecule has 3 rings (SSSR count). The Balaban J connectivity index is 1.94. The van der Waals surface area contributed by atoms with Crippen molar-refractivity contribution in [2.24, 2.45) is 0 Å². The minimum atomic E-state index is -1.12. The Morgan fingerprint density at radius 3 is 2.44 bits per heavy atom. The van der Waals surface area contributed by atoms with E-state index in [4.69, 9.17) is 9.47 Å². The van der Waals surface area contributed by atoms with Gasteiger partial charge in [-0.1, -0.05) is 23.8 Å². The number of aromatic amines is 2. The SMILES string of the molecule is COc1cc(/C=C/c2[nH]c(=O)[nH]c(=O)c2[N+](=O)[O-])cc(Br)c1OC(=O)c1ccc(C)cc1. The van der Waals surface area contributed by atoms with Crippen LogP contribution in [-0.2, 0) is 0 Å². The zero-order valence-corrected chi connectivity index (χ0v) is 18.4. The van der Waals surface area contributed by atoms with Crippen molar-refractivity contribution in [2.75, 3.05) is 7.11 Å². The van der Waals surface area contributed by atoms with E-state index in [-0.39, 0.29) is 17.2 Å². The first-order valence-electron chi connectivity index (χ1n) is 9.05. The van der Waals surface area contributed by atoms with Gasteiger partial charge in [0.25, 0.3) is 0 Å². The molecule has 10 nitrogen and oxygen atoms in total. The van der Waals surface area contributed by atoms with Gasteiger partial charge in [-0.15, -0.1) is 0 Å². The lowest BCUT2D eigenvalue weighted by atomic mass is 10.1. The van der Waals surface area contributed by atoms with Gasteiger partial charge in [0.05, 0.1) is 22.1 Å². The quantitative estimate of drug-likeness (QED) is 0.227. The van der Waals surface area contributed by atoms with Crippen LogP contribution in [0.25, 0.3) is 12.2 Å². The molecule has 11 heteroatoms. The first-order chi connectivity index (χ1) is 15.2. The fraction of sp³-hybridized carbons (Fsp3) is 0.0952. The summed E-state index contributed by atoms with van der Waals surface area (Å²) in [6.45, 7) is 1.90. The number of H-pyrrole nitrogens is 2. The van der Waals surface area contributed by atoms with Crippen molar-refractivity contribution in [2.45, 2.75) is 6.92 Å². The number of halogens is 1. The van der Waals surface area contributed by atoms with Gasteiger partial charge in [0.1, 0.15) is 5.69 Å². The number of hydrogen-bond acceptors (Lipinski definition) is 7. The average Bonchev–Trinajstić information content (AvgIpc) is 2.73. The van der Waals surface area contributed by atoms with Crippen molar-refractivity contribution < 1.29 is 19.2 Å². The third-order valence-electron chi connectivity index (χ3n) is 4.30. The van der Waals surface area contributed by atoms with Crippen molar-refractivity contribution >= 4 is 39.7 Å². The number of nitrogens with zero attached hydrogens (tertiary/aromatic N) is 1. The molecule has 0 spiro atoms. The number of carbonyl (C=O) groups excluding carboxylic acids is 1. The molecule has 1 aromatic heterocycles. The van der Waals surface area contributed by atoms with Gasteiger partial charge in [-0.3, -0.25) is 19.9 Å². The highest BCUT2D eigenvalue weighted by Gasteiger charge is 2.20. The zero-order valence-electron chi connectivity index (χ0n) is 16.8. The van der Waals surface area contributed by atoms with E-state index < -0.39 is 27.8 Å². The van der Waals surface area contributed by atoms with Gasteiger partial charge in [-0.2, -0.15) is 0 Å². The third-order valence-corrected chi connectivity index (χ3v) is 4.89. The molecule has 2 aromatic carbocycles. The number of nitro groups is 1. The molecule has 1 heterocycles. The minimum Gasteiger partial charge on any atom is -0.493 e. The molecule has 0 atom stereocenters. The highest BCUT2D eigenvalue weighted by Crippen LogP contribution is 2.37. The van der Waals surface area contributed by atoms with Gasteiger partial charge in [0.2, 0.25) is 0 Å². The first-order valence-corrected chi connectivity index (χ1v) is 9.84. The lowest BCUT2D eigenvalue weighted by Crippen LogP contribution is -2.25. The van der Waals surface area contributed by atoms with Gasteiger partial charge in [-0.25, -0.2) is 9.59 Å². The Morgan fingerprint density at radius 1 is 1.12 bits per heavy atom. The van der Waals surface area contributed by atoms with Crippen LogP contribution in [0, 0.1) is 17.0 Å². The van der Waals surface area contributed by atoms with E-state index in [9.17, 15) is 24.5 Å². The lowest BCUT2D eigenvalue weighted by molar-refractivity contribution is -0.386. The number of esters is 1. The molecule has 0 fully saturated rings. The average molecular weight is 502 g/mol. The summed E-state index contributed by atoms with van der Waals surface area (Å²) in [5.41, 5.74) is -1.21. The number of benzene rings is 2. The van der Waals surface area contributed by atoms with Crippen LogP contribution in [0.15, 0.2) is 50.5 Å². The number of rotatable bonds is 6. The predicted octanol–water partition coefficient (Wildman–Crippen LogP) is 3.44. The van der Waals surface area contributed by atoms with Crippen molar-refractivity contribution in [3.8, 4) is 11.5 Å². The third kappa shape index (κ3) is 5.01. The second kappa shape index (κ2) is 9.43. The van der Waals surface area contributed by atoms with Crippen molar-refractivity contribution in [1.29, 1.82) is 0 Å². The Morgan fingerprint density at radius 2 is 1.81 bits per heavy atom. The molecule has 2 N–H and O–H groups in total. The van der Waals surface area contributed by atoms with E-state index in [1.165, 1.54) is 25.3 Å². The molecule has 0 aliphatic carbocycles. The molecule has 0 radical (unpaired) electrons. The van der Waals surface area contributed by atoms with Gasteiger partial charge in [-0.05, 0) is 58.8 Å². The van der Waals surface area contributed by atoms with Gasteiger partial charge in [0.15, 0.2) is 11.5 Å². The summed E-state index contributed by atoms with van der Waals surface area (Å²) in [5, 5.41) is 11.2. The van der Waals surface area contributed by atoms with E-state index in [2.05, 4.69) is 20.9 Å². The number of hydrogen-bond donors (Lipinski definition) is 2. The van der Waals surface area contributed by atoms with Crippen LogP contribution in [0.1, 0.15) is 27.2 Å². The second-order valence-corrected chi connectivity index (χ2v) is 7.40. The van der Waals surface area contributed by atoms with Gasteiger partial charge < -0.3 is 14.5 Å². The maximum Gasteiger partial charge on any atom is 0.357 e. The van der Waals surface area contributed by atoms with E-state index in [0.717, 1.165) is 5.56 Å². The minimum absolute atomic E-state index is 0.144. The van der Waals surface area contributed by atoms with E-state index in [0.29, 0.717) is 15.6 Å². The van der Waals surface area contributed by atoms with Crippen molar-refractivity contribution in [1.82, 2.24) is 9.97 Å².